The summed E-state index contributed by atoms with van der Waals surface area (Å²) in [6.45, 7) is 1.75. The van der Waals surface area contributed by atoms with Gasteiger partial charge in [0.2, 0.25) is 0 Å². The summed E-state index contributed by atoms with van der Waals surface area (Å²) < 4.78 is 41.0. The molecule has 0 saturated heterocycles. The Morgan fingerprint density at radius 2 is 2.11 bits per heavy atom. The largest absolute Gasteiger partial charge is 0.324 e. The number of hydrogen-bond acceptors (Lipinski definition) is 3. The summed E-state index contributed by atoms with van der Waals surface area (Å²) in [5.74, 6) is 0. The zero-order chi connectivity index (χ0) is 16.9. The minimum Gasteiger partial charge on any atom is -0.324 e. The van der Waals surface area contributed by atoms with Crippen LogP contribution < -0.4 is 5.73 Å². The first-order chi connectivity index (χ1) is 10.8. The molecule has 0 amide bonds. The quantitative estimate of drug-likeness (QED) is 0.752. The Bertz CT molecular complexity index is 890. The Labute approximate surface area is 112 Å². The lowest BCUT2D eigenvalue weighted by Crippen LogP contribution is -2.09. The van der Waals surface area contributed by atoms with Gasteiger partial charge in [0.25, 0.3) is 0 Å². The molecule has 2 heterocycles. The smallest absolute Gasteiger partial charge is 0.153 e. The van der Waals surface area contributed by atoms with E-state index in [0.29, 0.717) is 11.2 Å². The summed E-state index contributed by atoms with van der Waals surface area (Å²) in [6, 6.07) is -0.553. The lowest BCUT2D eigenvalue weighted by molar-refractivity contribution is 0.798. The van der Waals surface area contributed by atoms with Crippen LogP contribution in [-0.2, 0) is 0 Å². The standard InChI is InChI=1S/C14H14N4/c1-10(15)12-9-13-16-7-8-18(13)17-14(12)11-5-3-2-4-6-11/h2-10H,15H2,1H3/i2D,3D,4D,5D,6D. The van der Waals surface area contributed by atoms with Crippen molar-refractivity contribution in [3.05, 3.63) is 54.2 Å². The predicted octanol–water partition coefficient (Wildman–Crippen LogP) is 2.42. The van der Waals surface area contributed by atoms with Gasteiger partial charge in [-0.3, -0.25) is 0 Å². The molecule has 1 unspecified atom stereocenters. The molecule has 2 aromatic heterocycles. The number of benzene rings is 1. The second kappa shape index (κ2) is 4.23. The third kappa shape index (κ3) is 1.76. The van der Waals surface area contributed by atoms with Crippen molar-refractivity contribution in [1.29, 1.82) is 0 Å². The highest BCUT2D eigenvalue weighted by molar-refractivity contribution is 5.65. The van der Waals surface area contributed by atoms with E-state index in [-0.39, 0.29) is 23.3 Å². The van der Waals surface area contributed by atoms with Crippen molar-refractivity contribution in [3.8, 4) is 11.3 Å². The second-order valence-corrected chi connectivity index (χ2v) is 3.97. The van der Waals surface area contributed by atoms with Gasteiger partial charge in [-0.2, -0.15) is 5.10 Å². The van der Waals surface area contributed by atoms with Gasteiger partial charge in [0, 0.05) is 29.6 Å². The summed E-state index contributed by atoms with van der Waals surface area (Å²) in [4.78, 5) is 4.14. The minimum absolute atomic E-state index is 0.0406. The van der Waals surface area contributed by atoms with Crippen molar-refractivity contribution in [2.75, 3.05) is 0 Å². The first-order valence-corrected chi connectivity index (χ1v) is 5.50. The van der Waals surface area contributed by atoms with Gasteiger partial charge in [0.05, 0.1) is 12.5 Å². The van der Waals surface area contributed by atoms with Crippen LogP contribution >= 0.6 is 0 Å². The molecule has 3 rings (SSSR count). The van der Waals surface area contributed by atoms with E-state index in [1.165, 1.54) is 4.52 Å². The summed E-state index contributed by atoms with van der Waals surface area (Å²) in [5.41, 5.74) is 7.44. The van der Waals surface area contributed by atoms with Crippen molar-refractivity contribution in [3.63, 3.8) is 0 Å². The van der Waals surface area contributed by atoms with E-state index in [1.54, 1.807) is 25.4 Å². The SMILES string of the molecule is [2H]c1c([2H])c([2H])c(-c2nn3ccnc3cc2C(C)N)c([2H])c1[2H]. The van der Waals surface area contributed by atoms with Crippen LogP contribution in [0.5, 0.6) is 0 Å². The molecule has 4 nitrogen and oxygen atoms in total. The van der Waals surface area contributed by atoms with Gasteiger partial charge >= 0.3 is 0 Å². The maximum absolute atomic E-state index is 8.10. The predicted molar refractivity (Wildman–Crippen MR) is 71.0 cm³/mol. The van der Waals surface area contributed by atoms with Crippen molar-refractivity contribution in [2.24, 2.45) is 5.73 Å². The highest BCUT2D eigenvalue weighted by atomic mass is 15.2. The van der Waals surface area contributed by atoms with Crippen LogP contribution in [0, 0.1) is 0 Å². The van der Waals surface area contributed by atoms with E-state index in [4.69, 9.17) is 12.6 Å². The van der Waals surface area contributed by atoms with Gasteiger partial charge in [-0.05, 0) is 13.0 Å². The Balaban J connectivity index is 2.43. The van der Waals surface area contributed by atoms with Crippen LogP contribution in [0.25, 0.3) is 16.9 Å². The Kier molecular flexibility index (Phi) is 1.57. The molecule has 18 heavy (non-hydrogen) atoms. The molecule has 2 N–H and O–H groups in total. The van der Waals surface area contributed by atoms with Gasteiger partial charge in [-0.25, -0.2) is 9.50 Å². The lowest BCUT2D eigenvalue weighted by Gasteiger charge is -2.12. The molecule has 90 valence electrons. The third-order valence-corrected chi connectivity index (χ3v) is 2.64. The molecule has 0 aliphatic carbocycles. The highest BCUT2D eigenvalue weighted by Gasteiger charge is 2.12. The first kappa shape index (κ1) is 6.66. The topological polar surface area (TPSA) is 56.2 Å². The summed E-state index contributed by atoms with van der Waals surface area (Å²) in [5, 5.41) is 4.37. The molecule has 0 spiro atoms. The van der Waals surface area contributed by atoms with Gasteiger partial charge < -0.3 is 5.73 Å². The molecule has 0 radical (unpaired) electrons. The minimum atomic E-state index is -0.435. The fourth-order valence-corrected chi connectivity index (χ4v) is 1.78. The molecule has 0 aliphatic heterocycles. The van der Waals surface area contributed by atoms with Crippen LogP contribution in [-0.4, -0.2) is 14.6 Å². The molecule has 1 atom stereocenters. The van der Waals surface area contributed by atoms with Crippen LogP contribution in [0.3, 0.4) is 0 Å². The molecule has 4 heteroatoms. The number of imidazole rings is 1. The Morgan fingerprint density at radius 1 is 1.33 bits per heavy atom. The zero-order valence-corrected chi connectivity index (χ0v) is 9.73. The maximum Gasteiger partial charge on any atom is 0.153 e. The van der Waals surface area contributed by atoms with Gasteiger partial charge in [-0.1, -0.05) is 30.2 Å². The number of fused-ring (bicyclic) bond motifs is 1. The molecule has 1 aromatic carbocycles. The van der Waals surface area contributed by atoms with Crippen LogP contribution in [0.2, 0.25) is 0 Å². The van der Waals surface area contributed by atoms with E-state index in [1.807, 2.05) is 0 Å². The Morgan fingerprint density at radius 3 is 2.83 bits per heavy atom. The van der Waals surface area contributed by atoms with Gasteiger partial charge in [0.1, 0.15) is 0 Å². The monoisotopic (exact) mass is 243 g/mol. The molecule has 0 saturated carbocycles. The van der Waals surface area contributed by atoms with E-state index >= 15 is 0 Å². The number of rotatable bonds is 2. The highest BCUT2D eigenvalue weighted by Crippen LogP contribution is 2.25. The molecule has 0 fully saturated rings. The zero-order valence-electron chi connectivity index (χ0n) is 14.7. The second-order valence-electron chi connectivity index (χ2n) is 3.97. The van der Waals surface area contributed by atoms with Crippen molar-refractivity contribution >= 4 is 5.65 Å². The fourth-order valence-electron chi connectivity index (χ4n) is 1.78. The summed E-state index contributed by atoms with van der Waals surface area (Å²) >= 11 is 0. The normalized spacial score (nSPS) is 16.7. The Hall–Kier alpha value is -2.20. The number of hydrogen-bond donors (Lipinski definition) is 1. The van der Waals surface area contributed by atoms with Gasteiger partial charge in [0.15, 0.2) is 5.65 Å². The van der Waals surface area contributed by atoms with Crippen molar-refractivity contribution in [2.45, 2.75) is 13.0 Å². The maximum atomic E-state index is 8.10. The van der Waals surface area contributed by atoms with Crippen LogP contribution in [0.1, 0.15) is 25.4 Å². The van der Waals surface area contributed by atoms with E-state index in [2.05, 4.69) is 10.1 Å². The van der Waals surface area contributed by atoms with Gasteiger partial charge in [-0.15, -0.1) is 0 Å². The molecule has 3 aromatic rings. The molecular weight excluding hydrogens is 224 g/mol. The van der Waals surface area contributed by atoms with Crippen LogP contribution in [0.4, 0.5) is 0 Å². The lowest BCUT2D eigenvalue weighted by atomic mass is 10.0. The number of aromatic nitrogens is 3. The summed E-state index contributed by atoms with van der Waals surface area (Å²) in [6.07, 6.45) is 3.19. The molecule has 0 aliphatic rings. The van der Waals surface area contributed by atoms with Crippen molar-refractivity contribution in [1.82, 2.24) is 14.6 Å². The molecular formula is C14H14N4. The van der Waals surface area contributed by atoms with Crippen LogP contribution in [0.15, 0.2) is 48.7 Å². The number of nitrogens with two attached hydrogens (primary N) is 1. The van der Waals surface area contributed by atoms with Crippen molar-refractivity contribution < 1.29 is 6.85 Å². The van der Waals surface area contributed by atoms with E-state index < -0.39 is 24.2 Å². The summed E-state index contributed by atoms with van der Waals surface area (Å²) in [7, 11) is 0. The third-order valence-electron chi connectivity index (χ3n) is 2.64. The fraction of sp³-hybridized carbons (Fsp3) is 0.143. The molecule has 0 bridgehead atoms. The number of nitrogens with zero attached hydrogens (tertiary/aromatic N) is 3. The first-order valence-electron chi connectivity index (χ1n) is 8.00. The average Bonchev–Trinajstić information content (AvgIpc) is 2.97. The van der Waals surface area contributed by atoms with E-state index in [0.717, 1.165) is 0 Å². The van der Waals surface area contributed by atoms with E-state index in [9.17, 15) is 0 Å². The average molecular weight is 243 g/mol.